The standard InChI is InChI=1S/C11H22O3/c1-4-11(12)7-6-8-14-10(3)9-13-5-2/h10H,4-9H2,1-3H3. The first kappa shape index (κ1) is 13.6. The molecule has 0 rings (SSSR count). The summed E-state index contributed by atoms with van der Waals surface area (Å²) in [4.78, 5) is 10.9. The molecule has 0 aromatic heterocycles. The minimum absolute atomic E-state index is 0.131. The topological polar surface area (TPSA) is 35.5 Å². The Morgan fingerprint density at radius 2 is 2.07 bits per heavy atom. The zero-order valence-electron chi connectivity index (χ0n) is 9.54. The van der Waals surface area contributed by atoms with Crippen molar-refractivity contribution in [2.75, 3.05) is 19.8 Å². The Morgan fingerprint density at radius 3 is 2.64 bits per heavy atom. The summed E-state index contributed by atoms with van der Waals surface area (Å²) in [7, 11) is 0. The number of hydrogen-bond acceptors (Lipinski definition) is 3. The van der Waals surface area contributed by atoms with Gasteiger partial charge < -0.3 is 9.47 Å². The molecule has 0 aromatic rings. The molecular formula is C11H22O3. The molecule has 0 aromatic carbocycles. The fourth-order valence-electron chi connectivity index (χ4n) is 1.06. The second kappa shape index (κ2) is 9.16. The van der Waals surface area contributed by atoms with E-state index < -0.39 is 0 Å². The maximum Gasteiger partial charge on any atom is 0.132 e. The molecule has 0 aliphatic rings. The maximum atomic E-state index is 10.9. The van der Waals surface area contributed by atoms with Crippen molar-refractivity contribution < 1.29 is 14.3 Å². The average molecular weight is 202 g/mol. The van der Waals surface area contributed by atoms with Crippen molar-refractivity contribution in [2.45, 2.75) is 46.1 Å². The number of hydrogen-bond donors (Lipinski definition) is 0. The maximum absolute atomic E-state index is 10.9. The van der Waals surface area contributed by atoms with Crippen LogP contribution in [0.2, 0.25) is 0 Å². The Kier molecular flexibility index (Phi) is 8.89. The van der Waals surface area contributed by atoms with E-state index in [1.807, 2.05) is 20.8 Å². The molecule has 84 valence electrons. The molecule has 0 amide bonds. The molecule has 0 fully saturated rings. The van der Waals surface area contributed by atoms with E-state index in [2.05, 4.69) is 0 Å². The highest BCUT2D eigenvalue weighted by Crippen LogP contribution is 1.98. The molecule has 0 N–H and O–H groups in total. The molecule has 1 unspecified atom stereocenters. The van der Waals surface area contributed by atoms with E-state index in [1.165, 1.54) is 0 Å². The lowest BCUT2D eigenvalue weighted by atomic mass is 10.2. The first-order chi connectivity index (χ1) is 6.70. The SMILES string of the molecule is CCOCC(C)OCCCC(=O)CC. The predicted molar refractivity (Wildman–Crippen MR) is 56.4 cm³/mol. The number of rotatable bonds is 9. The first-order valence-electron chi connectivity index (χ1n) is 5.41. The second-order valence-corrected chi connectivity index (χ2v) is 3.34. The van der Waals surface area contributed by atoms with Gasteiger partial charge in [-0.3, -0.25) is 4.79 Å². The van der Waals surface area contributed by atoms with Crippen LogP contribution in [0.15, 0.2) is 0 Å². The van der Waals surface area contributed by atoms with Crippen molar-refractivity contribution in [1.82, 2.24) is 0 Å². The van der Waals surface area contributed by atoms with Gasteiger partial charge in [0.25, 0.3) is 0 Å². The average Bonchev–Trinajstić information content (AvgIpc) is 2.21. The Labute approximate surface area is 86.8 Å². The van der Waals surface area contributed by atoms with Crippen LogP contribution in [0, 0.1) is 0 Å². The number of Topliss-reactive ketones (excluding diaryl/α,β-unsaturated/α-hetero) is 1. The minimum atomic E-state index is 0.131. The van der Waals surface area contributed by atoms with E-state index in [0.29, 0.717) is 31.8 Å². The molecule has 0 aliphatic heterocycles. The van der Waals surface area contributed by atoms with Gasteiger partial charge in [0.1, 0.15) is 5.78 Å². The molecule has 0 spiro atoms. The number of carbonyl (C=O) groups excluding carboxylic acids is 1. The number of carbonyl (C=O) groups is 1. The fraction of sp³-hybridized carbons (Fsp3) is 0.909. The lowest BCUT2D eigenvalue weighted by Crippen LogP contribution is -2.17. The lowest BCUT2D eigenvalue weighted by Gasteiger charge is -2.12. The molecule has 0 heterocycles. The normalized spacial score (nSPS) is 12.8. The Hall–Kier alpha value is -0.410. The molecule has 0 aliphatic carbocycles. The third-order valence-corrected chi connectivity index (χ3v) is 1.95. The van der Waals surface area contributed by atoms with E-state index in [4.69, 9.17) is 9.47 Å². The summed E-state index contributed by atoms with van der Waals surface area (Å²) in [6, 6.07) is 0. The molecule has 0 bridgehead atoms. The van der Waals surface area contributed by atoms with Gasteiger partial charge in [-0.2, -0.15) is 0 Å². The Bertz CT molecular complexity index is 145. The van der Waals surface area contributed by atoms with Crippen molar-refractivity contribution in [1.29, 1.82) is 0 Å². The highest BCUT2D eigenvalue weighted by molar-refractivity contribution is 5.77. The summed E-state index contributed by atoms with van der Waals surface area (Å²) in [5.41, 5.74) is 0. The van der Waals surface area contributed by atoms with Crippen molar-refractivity contribution in [3.63, 3.8) is 0 Å². The van der Waals surface area contributed by atoms with Crippen LogP contribution in [0.5, 0.6) is 0 Å². The van der Waals surface area contributed by atoms with Gasteiger partial charge in [0.15, 0.2) is 0 Å². The van der Waals surface area contributed by atoms with Gasteiger partial charge >= 0.3 is 0 Å². The van der Waals surface area contributed by atoms with Crippen LogP contribution >= 0.6 is 0 Å². The summed E-state index contributed by atoms with van der Waals surface area (Å²) < 4.78 is 10.7. The van der Waals surface area contributed by atoms with Crippen LogP contribution in [0.1, 0.15) is 40.0 Å². The third kappa shape index (κ3) is 8.20. The molecular weight excluding hydrogens is 180 g/mol. The summed E-state index contributed by atoms with van der Waals surface area (Å²) in [5, 5.41) is 0. The second-order valence-electron chi connectivity index (χ2n) is 3.34. The van der Waals surface area contributed by atoms with E-state index in [9.17, 15) is 4.79 Å². The van der Waals surface area contributed by atoms with Crippen LogP contribution in [0.4, 0.5) is 0 Å². The van der Waals surface area contributed by atoms with Gasteiger partial charge in [0, 0.05) is 26.1 Å². The zero-order chi connectivity index (χ0) is 10.8. The van der Waals surface area contributed by atoms with Crippen LogP contribution in [-0.2, 0) is 14.3 Å². The largest absolute Gasteiger partial charge is 0.379 e. The Morgan fingerprint density at radius 1 is 1.36 bits per heavy atom. The van der Waals surface area contributed by atoms with Crippen molar-refractivity contribution in [3.8, 4) is 0 Å². The van der Waals surface area contributed by atoms with Gasteiger partial charge in [-0.1, -0.05) is 6.92 Å². The van der Waals surface area contributed by atoms with E-state index in [1.54, 1.807) is 0 Å². The van der Waals surface area contributed by atoms with Crippen LogP contribution in [0.3, 0.4) is 0 Å². The summed E-state index contributed by atoms with van der Waals surface area (Å²) >= 11 is 0. The molecule has 3 heteroatoms. The van der Waals surface area contributed by atoms with Crippen LogP contribution < -0.4 is 0 Å². The molecule has 1 atom stereocenters. The van der Waals surface area contributed by atoms with E-state index in [0.717, 1.165) is 13.0 Å². The monoisotopic (exact) mass is 202 g/mol. The number of ketones is 1. The molecule has 3 nitrogen and oxygen atoms in total. The van der Waals surface area contributed by atoms with E-state index in [-0.39, 0.29) is 6.10 Å². The predicted octanol–water partition coefficient (Wildman–Crippen LogP) is 2.19. The smallest absolute Gasteiger partial charge is 0.132 e. The number of ether oxygens (including phenoxy) is 2. The highest BCUT2D eigenvalue weighted by atomic mass is 16.5. The molecule has 0 radical (unpaired) electrons. The van der Waals surface area contributed by atoms with Crippen LogP contribution in [-0.4, -0.2) is 31.7 Å². The Balaban J connectivity index is 3.22. The summed E-state index contributed by atoms with van der Waals surface area (Å²) in [5.74, 6) is 0.311. The first-order valence-corrected chi connectivity index (χ1v) is 5.41. The van der Waals surface area contributed by atoms with Gasteiger partial charge in [0.05, 0.1) is 12.7 Å². The summed E-state index contributed by atoms with van der Waals surface area (Å²) in [6.45, 7) is 7.85. The van der Waals surface area contributed by atoms with E-state index >= 15 is 0 Å². The van der Waals surface area contributed by atoms with Gasteiger partial charge in [-0.25, -0.2) is 0 Å². The highest BCUT2D eigenvalue weighted by Gasteiger charge is 2.02. The minimum Gasteiger partial charge on any atom is -0.379 e. The van der Waals surface area contributed by atoms with Crippen LogP contribution in [0.25, 0.3) is 0 Å². The van der Waals surface area contributed by atoms with Crippen molar-refractivity contribution >= 4 is 5.78 Å². The quantitative estimate of drug-likeness (QED) is 0.538. The zero-order valence-corrected chi connectivity index (χ0v) is 9.54. The van der Waals surface area contributed by atoms with Crippen molar-refractivity contribution in [3.05, 3.63) is 0 Å². The lowest BCUT2D eigenvalue weighted by molar-refractivity contribution is -0.119. The third-order valence-electron chi connectivity index (χ3n) is 1.95. The molecule has 0 saturated heterocycles. The van der Waals surface area contributed by atoms with Gasteiger partial charge in [0.2, 0.25) is 0 Å². The fourth-order valence-corrected chi connectivity index (χ4v) is 1.06. The molecule has 14 heavy (non-hydrogen) atoms. The molecule has 0 saturated carbocycles. The van der Waals surface area contributed by atoms with Crippen molar-refractivity contribution in [2.24, 2.45) is 0 Å². The van der Waals surface area contributed by atoms with Gasteiger partial charge in [-0.15, -0.1) is 0 Å². The summed E-state index contributed by atoms with van der Waals surface area (Å²) in [6.07, 6.45) is 2.22. The van der Waals surface area contributed by atoms with Gasteiger partial charge in [-0.05, 0) is 20.3 Å².